The molecule has 3 rings (SSSR count). The quantitative estimate of drug-likeness (QED) is 0.815. The SMILES string of the molecule is CC1=C(CC(=O)O)c2cc(C)ccc2/C1=C\c1ccc(Cl)cc1. The van der Waals surface area contributed by atoms with Crippen molar-refractivity contribution in [1.82, 2.24) is 0 Å². The lowest BCUT2D eigenvalue weighted by Gasteiger charge is -2.05. The van der Waals surface area contributed by atoms with Gasteiger partial charge in [0.1, 0.15) is 0 Å². The summed E-state index contributed by atoms with van der Waals surface area (Å²) in [6.07, 6.45) is 2.13. The second-order valence-corrected chi connectivity index (χ2v) is 6.27. The maximum absolute atomic E-state index is 11.2. The standard InChI is InChI=1S/C20H17ClO2/c1-12-3-8-16-17(10-14-4-6-15(21)7-5-14)13(2)18(11-20(22)23)19(16)9-12/h3-10H,11H2,1-2H3,(H,22,23)/b17-10-. The first-order chi connectivity index (χ1) is 11.0. The van der Waals surface area contributed by atoms with Crippen LogP contribution >= 0.6 is 11.6 Å². The fraction of sp³-hybridized carbons (Fsp3) is 0.150. The van der Waals surface area contributed by atoms with Crippen LogP contribution in [0.15, 0.2) is 48.0 Å². The maximum atomic E-state index is 11.2. The third-order valence-electron chi connectivity index (χ3n) is 4.16. The Labute approximate surface area is 140 Å². The first kappa shape index (κ1) is 15.6. The zero-order valence-corrected chi connectivity index (χ0v) is 13.8. The number of hydrogen-bond acceptors (Lipinski definition) is 1. The van der Waals surface area contributed by atoms with E-state index in [0.717, 1.165) is 39.0 Å². The monoisotopic (exact) mass is 324 g/mol. The molecule has 1 aliphatic carbocycles. The van der Waals surface area contributed by atoms with Crippen LogP contribution in [0.5, 0.6) is 0 Å². The number of allylic oxidation sites excluding steroid dienone is 2. The molecule has 23 heavy (non-hydrogen) atoms. The van der Waals surface area contributed by atoms with Crippen molar-refractivity contribution < 1.29 is 9.90 Å². The predicted octanol–water partition coefficient (Wildman–Crippen LogP) is 5.45. The Kier molecular flexibility index (Phi) is 4.10. The van der Waals surface area contributed by atoms with Crippen LogP contribution in [0.3, 0.4) is 0 Å². The molecule has 1 N–H and O–H groups in total. The van der Waals surface area contributed by atoms with E-state index in [0.29, 0.717) is 5.02 Å². The number of carboxylic acids is 1. The van der Waals surface area contributed by atoms with E-state index in [1.54, 1.807) is 0 Å². The largest absolute Gasteiger partial charge is 0.481 e. The van der Waals surface area contributed by atoms with E-state index in [-0.39, 0.29) is 6.42 Å². The fourth-order valence-electron chi connectivity index (χ4n) is 3.00. The number of carbonyl (C=O) groups is 1. The Morgan fingerprint density at radius 3 is 2.43 bits per heavy atom. The minimum atomic E-state index is -0.806. The highest BCUT2D eigenvalue weighted by atomic mass is 35.5. The number of aliphatic carboxylic acids is 1. The molecule has 0 saturated carbocycles. The molecule has 0 unspecified atom stereocenters. The van der Waals surface area contributed by atoms with Crippen molar-refractivity contribution >= 4 is 34.8 Å². The molecule has 0 saturated heterocycles. The van der Waals surface area contributed by atoms with Crippen LogP contribution in [0.25, 0.3) is 17.2 Å². The summed E-state index contributed by atoms with van der Waals surface area (Å²) in [5.74, 6) is -0.806. The van der Waals surface area contributed by atoms with Gasteiger partial charge in [-0.25, -0.2) is 0 Å². The van der Waals surface area contributed by atoms with E-state index >= 15 is 0 Å². The molecule has 1 aliphatic rings. The molecule has 2 nitrogen and oxygen atoms in total. The highest BCUT2D eigenvalue weighted by molar-refractivity contribution is 6.30. The minimum Gasteiger partial charge on any atom is -0.481 e. The van der Waals surface area contributed by atoms with E-state index in [2.05, 4.69) is 24.3 Å². The number of rotatable bonds is 3. The summed E-state index contributed by atoms with van der Waals surface area (Å²) in [5.41, 5.74) is 7.32. The van der Waals surface area contributed by atoms with E-state index in [1.807, 2.05) is 38.1 Å². The molecule has 0 spiro atoms. The molecule has 0 radical (unpaired) electrons. The van der Waals surface area contributed by atoms with Crippen LogP contribution in [0, 0.1) is 6.92 Å². The highest BCUT2D eigenvalue weighted by Crippen LogP contribution is 2.43. The van der Waals surface area contributed by atoms with Gasteiger partial charge in [0, 0.05) is 5.02 Å². The Bertz CT molecular complexity index is 842. The molecule has 116 valence electrons. The van der Waals surface area contributed by atoms with Gasteiger partial charge in [-0.2, -0.15) is 0 Å². The van der Waals surface area contributed by atoms with Gasteiger partial charge in [-0.1, -0.05) is 47.5 Å². The zero-order chi connectivity index (χ0) is 16.6. The first-order valence-electron chi connectivity index (χ1n) is 7.46. The molecule has 0 atom stereocenters. The summed E-state index contributed by atoms with van der Waals surface area (Å²) in [5, 5.41) is 9.93. The van der Waals surface area contributed by atoms with E-state index < -0.39 is 5.97 Å². The molecule has 0 heterocycles. The third-order valence-corrected chi connectivity index (χ3v) is 4.41. The average molecular weight is 325 g/mol. The smallest absolute Gasteiger partial charge is 0.307 e. The molecule has 3 heteroatoms. The maximum Gasteiger partial charge on any atom is 0.307 e. The Balaban J connectivity index is 2.15. The highest BCUT2D eigenvalue weighted by Gasteiger charge is 2.25. The van der Waals surface area contributed by atoms with Gasteiger partial charge in [0.15, 0.2) is 0 Å². The Hall–Kier alpha value is -2.32. The number of benzene rings is 2. The van der Waals surface area contributed by atoms with E-state index in [4.69, 9.17) is 11.6 Å². The normalized spacial score (nSPS) is 15.2. The van der Waals surface area contributed by atoms with Crippen LogP contribution < -0.4 is 0 Å². The van der Waals surface area contributed by atoms with Crippen molar-refractivity contribution in [3.8, 4) is 0 Å². The van der Waals surface area contributed by atoms with Crippen molar-refractivity contribution in [2.45, 2.75) is 20.3 Å². The van der Waals surface area contributed by atoms with Crippen molar-refractivity contribution in [3.63, 3.8) is 0 Å². The van der Waals surface area contributed by atoms with Gasteiger partial charge < -0.3 is 5.11 Å². The van der Waals surface area contributed by atoms with Crippen LogP contribution in [-0.2, 0) is 4.79 Å². The van der Waals surface area contributed by atoms with Gasteiger partial charge in [0.05, 0.1) is 6.42 Å². The molecular formula is C20H17ClO2. The fourth-order valence-corrected chi connectivity index (χ4v) is 3.13. The zero-order valence-electron chi connectivity index (χ0n) is 13.1. The van der Waals surface area contributed by atoms with Crippen LogP contribution in [0.2, 0.25) is 5.02 Å². The molecule has 0 aromatic heterocycles. The van der Waals surface area contributed by atoms with E-state index in [1.165, 1.54) is 0 Å². The van der Waals surface area contributed by atoms with Gasteiger partial charge in [-0.05, 0) is 65.5 Å². The van der Waals surface area contributed by atoms with Gasteiger partial charge in [0.2, 0.25) is 0 Å². The summed E-state index contributed by atoms with van der Waals surface area (Å²) in [6, 6.07) is 13.8. The van der Waals surface area contributed by atoms with Crippen LogP contribution in [0.4, 0.5) is 0 Å². The first-order valence-corrected chi connectivity index (χ1v) is 7.84. The number of hydrogen-bond donors (Lipinski definition) is 1. The second kappa shape index (κ2) is 6.05. The molecule has 2 aromatic rings. The number of carboxylic acid groups (broad SMARTS) is 1. The molecule has 2 aromatic carbocycles. The van der Waals surface area contributed by atoms with Crippen LogP contribution in [0.1, 0.15) is 35.6 Å². The van der Waals surface area contributed by atoms with E-state index in [9.17, 15) is 9.90 Å². The second-order valence-electron chi connectivity index (χ2n) is 5.83. The Morgan fingerprint density at radius 1 is 1.09 bits per heavy atom. The lowest BCUT2D eigenvalue weighted by atomic mass is 9.99. The summed E-state index contributed by atoms with van der Waals surface area (Å²) < 4.78 is 0. The molecule has 0 fully saturated rings. The summed E-state index contributed by atoms with van der Waals surface area (Å²) in [4.78, 5) is 11.2. The predicted molar refractivity (Wildman–Crippen MR) is 95.3 cm³/mol. The number of fused-ring (bicyclic) bond motifs is 1. The molecular weight excluding hydrogens is 308 g/mol. The summed E-state index contributed by atoms with van der Waals surface area (Å²) in [6.45, 7) is 4.02. The average Bonchev–Trinajstić information content (AvgIpc) is 2.74. The Morgan fingerprint density at radius 2 is 1.78 bits per heavy atom. The van der Waals surface area contributed by atoms with Crippen molar-refractivity contribution in [2.24, 2.45) is 0 Å². The van der Waals surface area contributed by atoms with Gasteiger partial charge in [-0.3, -0.25) is 4.79 Å². The minimum absolute atomic E-state index is 0.0419. The molecule has 0 aliphatic heterocycles. The summed E-state index contributed by atoms with van der Waals surface area (Å²) >= 11 is 5.94. The van der Waals surface area contributed by atoms with Gasteiger partial charge in [0.25, 0.3) is 0 Å². The molecule has 0 amide bonds. The van der Waals surface area contributed by atoms with Crippen molar-refractivity contribution in [1.29, 1.82) is 0 Å². The van der Waals surface area contributed by atoms with Gasteiger partial charge in [-0.15, -0.1) is 0 Å². The third kappa shape index (κ3) is 3.08. The number of aryl methyl sites for hydroxylation is 1. The lowest BCUT2D eigenvalue weighted by molar-refractivity contribution is -0.135. The van der Waals surface area contributed by atoms with Crippen LogP contribution in [-0.4, -0.2) is 11.1 Å². The van der Waals surface area contributed by atoms with Gasteiger partial charge >= 0.3 is 5.97 Å². The van der Waals surface area contributed by atoms with Crippen molar-refractivity contribution in [3.05, 3.63) is 75.3 Å². The molecule has 0 bridgehead atoms. The lowest BCUT2D eigenvalue weighted by Crippen LogP contribution is -1.97. The number of halogens is 1. The summed E-state index contributed by atoms with van der Waals surface area (Å²) in [7, 11) is 0. The topological polar surface area (TPSA) is 37.3 Å². The van der Waals surface area contributed by atoms with Crippen molar-refractivity contribution in [2.75, 3.05) is 0 Å².